The van der Waals surface area contributed by atoms with Crippen LogP contribution in [-0.2, 0) is 11.3 Å². The van der Waals surface area contributed by atoms with E-state index in [1.807, 2.05) is 31.2 Å². The van der Waals surface area contributed by atoms with Gasteiger partial charge in [0.15, 0.2) is 16.6 Å². The molecule has 0 aliphatic carbocycles. The molecule has 8 heteroatoms. The largest absolute Gasteiger partial charge is 0.489 e. The number of amides is 2. The number of aromatic nitrogens is 1. The summed E-state index contributed by atoms with van der Waals surface area (Å²) in [6.07, 6.45) is 2.42. The SMILES string of the molecule is CCCOc1c(Oc2ccc(CNC(C)=O)cc2)cccc1C(=O)Nc1nccs1. The van der Waals surface area contributed by atoms with E-state index >= 15 is 0 Å². The molecule has 0 saturated carbocycles. The highest BCUT2D eigenvalue weighted by molar-refractivity contribution is 7.13. The van der Waals surface area contributed by atoms with Gasteiger partial charge >= 0.3 is 0 Å². The molecule has 1 heterocycles. The standard InChI is InChI=1S/C22H23N3O4S/c1-3-12-28-20-18(21(27)25-22-23-11-13-30-22)5-4-6-19(20)29-17-9-7-16(8-10-17)14-24-15(2)26/h4-11,13H,3,12,14H2,1-2H3,(H,24,26)(H,23,25,27). The van der Waals surface area contributed by atoms with E-state index in [-0.39, 0.29) is 11.8 Å². The van der Waals surface area contributed by atoms with Gasteiger partial charge in [0.1, 0.15) is 5.75 Å². The lowest BCUT2D eigenvalue weighted by molar-refractivity contribution is -0.119. The number of hydrogen-bond donors (Lipinski definition) is 2. The van der Waals surface area contributed by atoms with E-state index in [9.17, 15) is 9.59 Å². The predicted octanol–water partition coefficient (Wildman–Crippen LogP) is 4.61. The Kier molecular flexibility index (Phi) is 7.40. The Morgan fingerprint density at radius 2 is 1.93 bits per heavy atom. The molecule has 7 nitrogen and oxygen atoms in total. The fraction of sp³-hybridized carbons (Fsp3) is 0.227. The third-order valence-electron chi connectivity index (χ3n) is 4.02. The van der Waals surface area contributed by atoms with Crippen molar-refractivity contribution >= 4 is 28.3 Å². The number of anilines is 1. The first-order valence-corrected chi connectivity index (χ1v) is 10.4. The first kappa shape index (κ1) is 21.3. The van der Waals surface area contributed by atoms with Gasteiger partial charge in [-0.05, 0) is 36.2 Å². The molecule has 0 aliphatic rings. The van der Waals surface area contributed by atoms with Crippen LogP contribution in [0.25, 0.3) is 0 Å². The highest BCUT2D eigenvalue weighted by Crippen LogP contribution is 2.35. The highest BCUT2D eigenvalue weighted by atomic mass is 32.1. The van der Waals surface area contributed by atoms with Gasteiger partial charge in [0.2, 0.25) is 5.91 Å². The Hall–Kier alpha value is -3.39. The molecule has 0 radical (unpaired) electrons. The molecule has 0 atom stereocenters. The molecule has 2 aromatic carbocycles. The second kappa shape index (κ2) is 10.4. The van der Waals surface area contributed by atoms with Gasteiger partial charge in [0.05, 0.1) is 12.2 Å². The molecule has 0 aliphatic heterocycles. The average molecular weight is 426 g/mol. The number of ether oxygens (including phenoxy) is 2. The summed E-state index contributed by atoms with van der Waals surface area (Å²) in [5, 5.41) is 7.83. The van der Waals surface area contributed by atoms with Crippen molar-refractivity contribution in [3.63, 3.8) is 0 Å². The van der Waals surface area contributed by atoms with Crippen LogP contribution in [0.4, 0.5) is 5.13 Å². The third kappa shape index (κ3) is 5.81. The number of rotatable bonds is 9. The number of para-hydroxylation sites is 1. The molecule has 2 amide bonds. The zero-order valence-electron chi connectivity index (χ0n) is 16.8. The van der Waals surface area contributed by atoms with Gasteiger partial charge in [-0.25, -0.2) is 4.98 Å². The summed E-state index contributed by atoms with van der Waals surface area (Å²) in [6, 6.07) is 12.6. The van der Waals surface area contributed by atoms with Gasteiger partial charge in [-0.15, -0.1) is 11.3 Å². The molecule has 0 spiro atoms. The van der Waals surface area contributed by atoms with Crippen molar-refractivity contribution in [1.29, 1.82) is 0 Å². The number of benzene rings is 2. The van der Waals surface area contributed by atoms with Gasteiger partial charge in [-0.2, -0.15) is 0 Å². The van der Waals surface area contributed by atoms with E-state index in [1.54, 1.807) is 29.8 Å². The van der Waals surface area contributed by atoms with Crippen molar-refractivity contribution in [3.8, 4) is 17.2 Å². The van der Waals surface area contributed by atoms with Gasteiger partial charge in [-0.3, -0.25) is 14.9 Å². The minimum atomic E-state index is -0.313. The highest BCUT2D eigenvalue weighted by Gasteiger charge is 2.19. The Bertz CT molecular complexity index is 988. The molecule has 3 aromatic rings. The first-order chi connectivity index (χ1) is 14.6. The molecule has 0 bridgehead atoms. The normalized spacial score (nSPS) is 10.3. The van der Waals surface area contributed by atoms with E-state index in [0.29, 0.717) is 41.1 Å². The smallest absolute Gasteiger partial charge is 0.261 e. The van der Waals surface area contributed by atoms with Crippen LogP contribution in [0.2, 0.25) is 0 Å². The number of carbonyl (C=O) groups excluding carboxylic acids is 2. The monoisotopic (exact) mass is 425 g/mol. The van der Waals surface area contributed by atoms with E-state index in [2.05, 4.69) is 15.6 Å². The number of nitrogens with zero attached hydrogens (tertiary/aromatic N) is 1. The second-order valence-electron chi connectivity index (χ2n) is 6.43. The van der Waals surface area contributed by atoms with Crippen molar-refractivity contribution < 1.29 is 19.1 Å². The Labute approximate surface area is 179 Å². The molecule has 1 aromatic heterocycles. The number of carbonyl (C=O) groups is 2. The molecule has 2 N–H and O–H groups in total. The van der Waals surface area contributed by atoms with Crippen LogP contribution in [0.1, 0.15) is 36.2 Å². The van der Waals surface area contributed by atoms with E-state index in [4.69, 9.17) is 9.47 Å². The zero-order chi connectivity index (χ0) is 21.3. The molecular formula is C22H23N3O4S. The fourth-order valence-corrected chi connectivity index (χ4v) is 3.13. The number of nitrogens with one attached hydrogen (secondary N) is 2. The van der Waals surface area contributed by atoms with E-state index < -0.39 is 0 Å². The summed E-state index contributed by atoms with van der Waals surface area (Å²) in [6.45, 7) is 4.37. The number of hydrogen-bond acceptors (Lipinski definition) is 6. The van der Waals surface area contributed by atoms with Crippen LogP contribution in [0, 0.1) is 0 Å². The van der Waals surface area contributed by atoms with Crippen LogP contribution in [-0.4, -0.2) is 23.4 Å². The van der Waals surface area contributed by atoms with Crippen molar-refractivity contribution in [3.05, 3.63) is 65.2 Å². The summed E-state index contributed by atoms with van der Waals surface area (Å²) >= 11 is 1.34. The first-order valence-electron chi connectivity index (χ1n) is 9.54. The molecule has 3 rings (SSSR count). The van der Waals surface area contributed by atoms with Crippen molar-refractivity contribution in [2.24, 2.45) is 0 Å². The molecule has 0 saturated heterocycles. The molecule has 0 fully saturated rings. The van der Waals surface area contributed by atoms with E-state index in [0.717, 1.165) is 12.0 Å². The summed E-state index contributed by atoms with van der Waals surface area (Å²) in [7, 11) is 0. The lowest BCUT2D eigenvalue weighted by Gasteiger charge is -2.16. The molecular weight excluding hydrogens is 402 g/mol. The third-order valence-corrected chi connectivity index (χ3v) is 4.71. The number of thiazole rings is 1. The van der Waals surface area contributed by atoms with Crippen molar-refractivity contribution in [2.45, 2.75) is 26.8 Å². The van der Waals surface area contributed by atoms with Gasteiger partial charge < -0.3 is 14.8 Å². The zero-order valence-corrected chi connectivity index (χ0v) is 17.6. The van der Waals surface area contributed by atoms with Crippen LogP contribution >= 0.6 is 11.3 Å². The maximum atomic E-state index is 12.8. The Balaban J connectivity index is 1.81. The lowest BCUT2D eigenvalue weighted by atomic mass is 10.1. The summed E-state index contributed by atoms with van der Waals surface area (Å²) in [5.74, 6) is 1.04. The van der Waals surface area contributed by atoms with Crippen LogP contribution in [0.5, 0.6) is 17.2 Å². The second-order valence-corrected chi connectivity index (χ2v) is 7.32. The van der Waals surface area contributed by atoms with Crippen molar-refractivity contribution in [1.82, 2.24) is 10.3 Å². The maximum absolute atomic E-state index is 12.8. The molecule has 156 valence electrons. The van der Waals surface area contributed by atoms with Crippen LogP contribution in [0.15, 0.2) is 54.0 Å². The summed E-state index contributed by atoms with van der Waals surface area (Å²) < 4.78 is 11.9. The summed E-state index contributed by atoms with van der Waals surface area (Å²) in [5.41, 5.74) is 1.33. The average Bonchev–Trinajstić information content (AvgIpc) is 3.25. The Morgan fingerprint density at radius 1 is 1.13 bits per heavy atom. The summed E-state index contributed by atoms with van der Waals surface area (Å²) in [4.78, 5) is 27.9. The van der Waals surface area contributed by atoms with Crippen LogP contribution in [0.3, 0.4) is 0 Å². The van der Waals surface area contributed by atoms with Gasteiger partial charge in [0.25, 0.3) is 5.91 Å². The lowest BCUT2D eigenvalue weighted by Crippen LogP contribution is -2.18. The molecule has 30 heavy (non-hydrogen) atoms. The predicted molar refractivity (Wildman–Crippen MR) is 116 cm³/mol. The molecule has 0 unspecified atom stereocenters. The topological polar surface area (TPSA) is 89.5 Å². The van der Waals surface area contributed by atoms with Gasteiger partial charge in [0, 0.05) is 25.0 Å². The van der Waals surface area contributed by atoms with E-state index in [1.165, 1.54) is 18.3 Å². The Morgan fingerprint density at radius 3 is 2.60 bits per heavy atom. The van der Waals surface area contributed by atoms with Crippen molar-refractivity contribution in [2.75, 3.05) is 11.9 Å². The minimum absolute atomic E-state index is 0.0825. The van der Waals surface area contributed by atoms with Gasteiger partial charge in [-0.1, -0.05) is 25.1 Å². The maximum Gasteiger partial charge on any atom is 0.261 e. The fourth-order valence-electron chi connectivity index (χ4n) is 2.61. The van der Waals surface area contributed by atoms with Crippen LogP contribution < -0.4 is 20.1 Å². The minimum Gasteiger partial charge on any atom is -0.489 e. The quantitative estimate of drug-likeness (QED) is 0.522.